The van der Waals surface area contributed by atoms with Gasteiger partial charge >= 0.3 is 0 Å². The van der Waals surface area contributed by atoms with Crippen molar-refractivity contribution in [2.75, 3.05) is 6.54 Å². The van der Waals surface area contributed by atoms with Gasteiger partial charge in [0.15, 0.2) is 0 Å². The van der Waals surface area contributed by atoms with Gasteiger partial charge in [-0.3, -0.25) is 4.98 Å². The van der Waals surface area contributed by atoms with Gasteiger partial charge < -0.3 is 5.32 Å². The second-order valence-electron chi connectivity index (χ2n) is 4.34. The van der Waals surface area contributed by atoms with Crippen molar-refractivity contribution in [2.24, 2.45) is 0 Å². The van der Waals surface area contributed by atoms with Gasteiger partial charge in [0.1, 0.15) is 10.7 Å². The van der Waals surface area contributed by atoms with E-state index in [9.17, 15) is 12.8 Å². The van der Waals surface area contributed by atoms with Crippen molar-refractivity contribution < 1.29 is 12.8 Å². The maximum Gasteiger partial charge on any atom is 0.243 e. The van der Waals surface area contributed by atoms with Crippen LogP contribution in [0.4, 0.5) is 4.39 Å². The first-order valence-corrected chi connectivity index (χ1v) is 8.75. The van der Waals surface area contributed by atoms with Crippen molar-refractivity contribution in [1.82, 2.24) is 15.0 Å². The third-order valence-electron chi connectivity index (χ3n) is 2.78. The van der Waals surface area contributed by atoms with E-state index in [1.54, 1.807) is 17.8 Å². The summed E-state index contributed by atoms with van der Waals surface area (Å²) in [6.45, 7) is 3.31. The zero-order valence-corrected chi connectivity index (χ0v) is 13.1. The summed E-state index contributed by atoms with van der Waals surface area (Å²) in [5, 5.41) is 3.06. The molecule has 1 aromatic heterocycles. The van der Waals surface area contributed by atoms with Gasteiger partial charge in [0.05, 0.1) is 5.51 Å². The lowest BCUT2D eigenvalue weighted by Gasteiger charge is -2.08. The molecule has 0 spiro atoms. The largest absolute Gasteiger partial charge is 0.313 e. The highest BCUT2D eigenvalue weighted by Gasteiger charge is 2.19. The Labute approximate surface area is 127 Å². The maximum atomic E-state index is 14.0. The average Bonchev–Trinajstić information content (AvgIpc) is 2.96. The Kier molecular flexibility index (Phi) is 5.40. The minimum Gasteiger partial charge on any atom is -0.313 e. The van der Waals surface area contributed by atoms with Crippen LogP contribution in [0.5, 0.6) is 0 Å². The van der Waals surface area contributed by atoms with Crippen molar-refractivity contribution in [3.05, 3.63) is 46.2 Å². The van der Waals surface area contributed by atoms with Gasteiger partial charge in [0.25, 0.3) is 0 Å². The highest BCUT2D eigenvalue weighted by Crippen LogP contribution is 2.17. The minimum atomic E-state index is -3.87. The first-order valence-electron chi connectivity index (χ1n) is 6.39. The quantitative estimate of drug-likeness (QED) is 0.813. The molecule has 1 heterocycles. The fourth-order valence-electron chi connectivity index (χ4n) is 1.71. The van der Waals surface area contributed by atoms with E-state index in [-0.39, 0.29) is 11.4 Å². The standard InChI is InChI=1S/C13H16FN3O2S2/c1-2-15-6-10-3-4-13(12(14)5-10)21(18,19)17-8-11-7-16-9-20-11/h3-5,7,9,15,17H,2,6,8H2,1H3. The molecule has 2 aromatic rings. The molecule has 0 aliphatic rings. The summed E-state index contributed by atoms with van der Waals surface area (Å²) in [7, 11) is -3.87. The molecule has 0 bridgehead atoms. The zero-order chi connectivity index (χ0) is 15.3. The summed E-state index contributed by atoms with van der Waals surface area (Å²) >= 11 is 1.33. The predicted octanol–water partition coefficient (Wildman–Crippen LogP) is 1.87. The Bertz CT molecular complexity index is 687. The Balaban J connectivity index is 2.12. The number of benzene rings is 1. The van der Waals surface area contributed by atoms with Crippen molar-refractivity contribution in [3.8, 4) is 0 Å². The van der Waals surface area contributed by atoms with E-state index in [0.29, 0.717) is 12.1 Å². The third kappa shape index (κ3) is 4.31. The Hall–Kier alpha value is -1.35. The first kappa shape index (κ1) is 16.0. The van der Waals surface area contributed by atoms with E-state index < -0.39 is 15.8 Å². The molecular formula is C13H16FN3O2S2. The molecule has 8 heteroatoms. The number of rotatable bonds is 7. The molecule has 0 amide bonds. The topological polar surface area (TPSA) is 71.1 Å². The molecule has 21 heavy (non-hydrogen) atoms. The van der Waals surface area contributed by atoms with Gasteiger partial charge in [-0.05, 0) is 24.2 Å². The van der Waals surface area contributed by atoms with Gasteiger partial charge in [-0.25, -0.2) is 17.5 Å². The molecule has 0 unspecified atom stereocenters. The van der Waals surface area contributed by atoms with Crippen LogP contribution in [0.3, 0.4) is 0 Å². The third-order valence-corrected chi connectivity index (χ3v) is 5.00. The van der Waals surface area contributed by atoms with Gasteiger partial charge in [-0.1, -0.05) is 13.0 Å². The van der Waals surface area contributed by atoms with Crippen molar-refractivity contribution in [2.45, 2.75) is 24.9 Å². The summed E-state index contributed by atoms with van der Waals surface area (Å²) in [4.78, 5) is 4.28. The molecule has 5 nitrogen and oxygen atoms in total. The first-order chi connectivity index (χ1) is 10.0. The zero-order valence-electron chi connectivity index (χ0n) is 11.5. The number of thiazole rings is 1. The maximum absolute atomic E-state index is 14.0. The van der Waals surface area contributed by atoms with Gasteiger partial charge in [0.2, 0.25) is 10.0 Å². The molecule has 0 atom stereocenters. The van der Waals surface area contributed by atoms with E-state index in [4.69, 9.17) is 0 Å². The molecule has 0 aliphatic carbocycles. The highest BCUT2D eigenvalue weighted by atomic mass is 32.2. The highest BCUT2D eigenvalue weighted by molar-refractivity contribution is 7.89. The molecular weight excluding hydrogens is 313 g/mol. The van der Waals surface area contributed by atoms with E-state index in [0.717, 1.165) is 11.4 Å². The summed E-state index contributed by atoms with van der Waals surface area (Å²) in [5.74, 6) is -0.748. The number of nitrogens with one attached hydrogen (secondary N) is 2. The normalized spacial score (nSPS) is 11.7. The van der Waals surface area contributed by atoms with Crippen molar-refractivity contribution >= 4 is 21.4 Å². The molecule has 0 aliphatic heterocycles. The summed E-state index contributed by atoms with van der Waals surface area (Å²) in [5.41, 5.74) is 2.32. The summed E-state index contributed by atoms with van der Waals surface area (Å²) < 4.78 is 40.5. The van der Waals surface area contributed by atoms with Crippen LogP contribution in [0.25, 0.3) is 0 Å². The van der Waals surface area contributed by atoms with E-state index in [1.165, 1.54) is 23.5 Å². The number of hydrogen-bond acceptors (Lipinski definition) is 5. The molecule has 0 radical (unpaired) electrons. The lowest BCUT2D eigenvalue weighted by molar-refractivity contribution is 0.555. The minimum absolute atomic E-state index is 0.103. The monoisotopic (exact) mass is 329 g/mol. The SMILES string of the molecule is CCNCc1ccc(S(=O)(=O)NCc2cncs2)c(F)c1. The van der Waals surface area contributed by atoms with Crippen molar-refractivity contribution in [3.63, 3.8) is 0 Å². The van der Waals surface area contributed by atoms with Crippen LogP contribution in [0.2, 0.25) is 0 Å². The fourth-order valence-corrected chi connectivity index (χ4v) is 3.40. The van der Waals surface area contributed by atoms with Gasteiger partial charge in [0, 0.05) is 24.2 Å². The van der Waals surface area contributed by atoms with Crippen LogP contribution in [-0.2, 0) is 23.1 Å². The molecule has 1 aromatic carbocycles. The Morgan fingerprint density at radius 3 is 2.76 bits per heavy atom. The van der Waals surface area contributed by atoms with E-state index in [2.05, 4.69) is 15.0 Å². The number of hydrogen-bond donors (Lipinski definition) is 2. The number of aromatic nitrogens is 1. The van der Waals surface area contributed by atoms with Crippen LogP contribution >= 0.6 is 11.3 Å². The lowest BCUT2D eigenvalue weighted by atomic mass is 10.2. The van der Waals surface area contributed by atoms with Crippen LogP contribution in [0.1, 0.15) is 17.4 Å². The summed E-state index contributed by atoms with van der Waals surface area (Å²) in [6, 6.07) is 4.13. The fraction of sp³-hybridized carbons (Fsp3) is 0.308. The smallest absolute Gasteiger partial charge is 0.243 e. The van der Waals surface area contributed by atoms with Crippen LogP contribution in [0, 0.1) is 5.82 Å². The lowest BCUT2D eigenvalue weighted by Crippen LogP contribution is -2.24. The molecule has 2 rings (SSSR count). The molecule has 2 N–H and O–H groups in total. The van der Waals surface area contributed by atoms with Gasteiger partial charge in [-0.15, -0.1) is 11.3 Å². The summed E-state index contributed by atoms with van der Waals surface area (Å²) in [6.07, 6.45) is 1.57. The molecule has 0 saturated carbocycles. The predicted molar refractivity (Wildman–Crippen MR) is 79.9 cm³/mol. The van der Waals surface area contributed by atoms with Crippen LogP contribution in [-0.4, -0.2) is 19.9 Å². The average molecular weight is 329 g/mol. The van der Waals surface area contributed by atoms with E-state index >= 15 is 0 Å². The van der Waals surface area contributed by atoms with Crippen LogP contribution < -0.4 is 10.0 Å². The second kappa shape index (κ2) is 7.08. The number of nitrogens with zero attached hydrogens (tertiary/aromatic N) is 1. The van der Waals surface area contributed by atoms with Crippen LogP contribution in [0.15, 0.2) is 34.8 Å². The second-order valence-corrected chi connectivity index (χ2v) is 7.04. The van der Waals surface area contributed by atoms with Gasteiger partial charge in [-0.2, -0.15) is 0 Å². The molecule has 114 valence electrons. The Morgan fingerprint density at radius 2 is 2.14 bits per heavy atom. The molecule has 0 saturated heterocycles. The van der Waals surface area contributed by atoms with E-state index in [1.807, 2.05) is 6.92 Å². The Morgan fingerprint density at radius 1 is 1.33 bits per heavy atom. The number of halogens is 1. The number of sulfonamides is 1. The molecule has 0 fully saturated rings. The van der Waals surface area contributed by atoms with Crippen molar-refractivity contribution in [1.29, 1.82) is 0 Å².